The minimum atomic E-state index is 0.515. The molecule has 0 fully saturated rings. The van der Waals surface area contributed by atoms with Crippen LogP contribution in [0, 0.1) is 4.77 Å². The van der Waals surface area contributed by atoms with Gasteiger partial charge in [-0.25, -0.2) is 4.68 Å². The predicted molar refractivity (Wildman–Crippen MR) is 87.0 cm³/mol. The molecule has 0 saturated carbocycles. The molecule has 0 aliphatic rings. The Hall–Kier alpha value is -1.54. The number of H-pyrrole nitrogens is 1. The number of benzene rings is 1. The molecule has 1 heterocycles. The van der Waals surface area contributed by atoms with E-state index < -0.39 is 0 Å². The van der Waals surface area contributed by atoms with E-state index >= 15 is 0 Å². The zero-order valence-electron chi connectivity index (χ0n) is 11.9. The number of nitrogens with one attached hydrogen (secondary N) is 2. The lowest BCUT2D eigenvalue weighted by Crippen LogP contribution is -2.14. The second kappa shape index (κ2) is 7.46. The van der Waals surface area contributed by atoms with E-state index in [1.807, 2.05) is 12.1 Å². The molecule has 1 aromatic heterocycles. The number of methoxy groups -OCH3 is 1. The van der Waals surface area contributed by atoms with E-state index in [4.69, 9.17) is 21.7 Å². The van der Waals surface area contributed by atoms with E-state index in [-0.39, 0.29) is 0 Å². The summed E-state index contributed by atoms with van der Waals surface area (Å²) >= 11 is 8.63. The molecule has 0 saturated heterocycles. The summed E-state index contributed by atoms with van der Waals surface area (Å²) in [5.41, 5.74) is 4.18. The smallest absolute Gasteiger partial charge is 0.214 e. The van der Waals surface area contributed by atoms with Gasteiger partial charge in [-0.15, -0.1) is 0 Å². The van der Waals surface area contributed by atoms with Crippen LogP contribution in [0.5, 0.6) is 11.5 Å². The molecule has 6 nitrogen and oxygen atoms in total. The van der Waals surface area contributed by atoms with Crippen LogP contribution in [-0.2, 0) is 6.54 Å². The van der Waals surface area contributed by atoms with Crippen molar-refractivity contribution in [1.29, 1.82) is 0 Å². The second-order valence-corrected chi connectivity index (χ2v) is 5.55. The highest BCUT2D eigenvalue weighted by Gasteiger charge is 2.10. The molecule has 0 aliphatic heterocycles. The number of hydrogen-bond acceptors (Lipinski definition) is 5. The largest absolute Gasteiger partial charge is 0.493 e. The first-order chi connectivity index (χ1) is 10.2. The van der Waals surface area contributed by atoms with Crippen molar-refractivity contribution in [3.63, 3.8) is 0 Å². The first-order valence-corrected chi connectivity index (χ1v) is 7.71. The van der Waals surface area contributed by atoms with Gasteiger partial charge in [0, 0.05) is 4.47 Å². The fraction of sp³-hybridized carbons (Fsp3) is 0.385. The van der Waals surface area contributed by atoms with Gasteiger partial charge in [0.1, 0.15) is 6.33 Å². The van der Waals surface area contributed by atoms with Crippen LogP contribution in [0.25, 0.3) is 0 Å². The third-order valence-electron chi connectivity index (χ3n) is 2.79. The van der Waals surface area contributed by atoms with Crippen molar-refractivity contribution in [3.8, 4) is 11.5 Å². The van der Waals surface area contributed by atoms with Crippen LogP contribution < -0.4 is 14.9 Å². The molecule has 0 unspecified atom stereocenters. The topological polar surface area (TPSA) is 64.1 Å². The number of aromatic amines is 1. The highest BCUT2D eigenvalue weighted by atomic mass is 79.9. The zero-order chi connectivity index (χ0) is 15.2. The minimum Gasteiger partial charge on any atom is -0.493 e. The van der Waals surface area contributed by atoms with Gasteiger partial charge in [0.25, 0.3) is 0 Å². The Bertz CT molecular complexity index is 656. The SMILES string of the molecule is CCCOc1cc(Br)c(CNn2cn[nH]c2=S)cc1OC. The summed E-state index contributed by atoms with van der Waals surface area (Å²) in [4.78, 5) is 0. The number of halogens is 1. The van der Waals surface area contributed by atoms with Crippen LogP contribution in [0.1, 0.15) is 18.9 Å². The zero-order valence-corrected chi connectivity index (χ0v) is 14.3. The molecule has 2 aromatic rings. The van der Waals surface area contributed by atoms with Crippen LogP contribution in [-0.4, -0.2) is 28.6 Å². The summed E-state index contributed by atoms with van der Waals surface area (Å²) in [6.45, 7) is 3.29. The molecule has 21 heavy (non-hydrogen) atoms. The number of nitrogens with zero attached hydrogens (tertiary/aromatic N) is 2. The third-order valence-corrected chi connectivity index (χ3v) is 3.81. The van der Waals surface area contributed by atoms with Crippen LogP contribution in [0.15, 0.2) is 22.9 Å². The summed E-state index contributed by atoms with van der Waals surface area (Å²) in [5.74, 6) is 1.44. The molecule has 0 aliphatic carbocycles. The maximum Gasteiger partial charge on any atom is 0.214 e. The number of hydrogen-bond donors (Lipinski definition) is 2. The average molecular weight is 373 g/mol. The van der Waals surface area contributed by atoms with Crippen LogP contribution in [0.2, 0.25) is 0 Å². The number of rotatable bonds is 7. The van der Waals surface area contributed by atoms with Gasteiger partial charge in [0.2, 0.25) is 4.77 Å². The second-order valence-electron chi connectivity index (χ2n) is 4.31. The van der Waals surface area contributed by atoms with E-state index in [1.165, 1.54) is 0 Å². The first kappa shape index (κ1) is 15.8. The maximum absolute atomic E-state index is 5.67. The van der Waals surface area contributed by atoms with Gasteiger partial charge in [-0.1, -0.05) is 22.9 Å². The van der Waals surface area contributed by atoms with Gasteiger partial charge < -0.3 is 14.9 Å². The third kappa shape index (κ3) is 3.98. The highest BCUT2D eigenvalue weighted by molar-refractivity contribution is 9.10. The maximum atomic E-state index is 5.67. The van der Waals surface area contributed by atoms with Crippen molar-refractivity contribution in [2.24, 2.45) is 0 Å². The summed E-state index contributed by atoms with van der Waals surface area (Å²) in [7, 11) is 1.63. The Morgan fingerprint density at radius 2 is 2.24 bits per heavy atom. The standard InChI is InChI=1S/C13H17BrN4O2S/c1-3-4-20-12-6-10(14)9(5-11(12)19-2)7-16-18-8-15-17-13(18)21/h5-6,8,16H,3-4,7H2,1-2H3,(H,17,21). The quantitative estimate of drug-likeness (QED) is 0.730. The van der Waals surface area contributed by atoms with Crippen molar-refractivity contribution in [2.45, 2.75) is 19.9 Å². The van der Waals surface area contributed by atoms with Gasteiger partial charge in [0.15, 0.2) is 11.5 Å². The lowest BCUT2D eigenvalue weighted by molar-refractivity contribution is 0.294. The van der Waals surface area contributed by atoms with Gasteiger partial charge in [-0.05, 0) is 36.3 Å². The van der Waals surface area contributed by atoms with E-state index in [1.54, 1.807) is 18.1 Å². The van der Waals surface area contributed by atoms with Crippen LogP contribution in [0.4, 0.5) is 0 Å². The van der Waals surface area contributed by atoms with Crippen molar-refractivity contribution in [2.75, 3.05) is 19.1 Å². The Kier molecular flexibility index (Phi) is 5.63. The van der Waals surface area contributed by atoms with E-state index in [9.17, 15) is 0 Å². The van der Waals surface area contributed by atoms with Gasteiger partial charge in [-0.2, -0.15) is 5.10 Å². The molecular weight excluding hydrogens is 356 g/mol. The normalized spacial score (nSPS) is 10.4. The molecule has 0 atom stereocenters. The molecule has 0 spiro atoms. The lowest BCUT2D eigenvalue weighted by atomic mass is 10.2. The Morgan fingerprint density at radius 3 is 2.86 bits per heavy atom. The van der Waals surface area contributed by atoms with Gasteiger partial charge >= 0.3 is 0 Å². The molecule has 114 valence electrons. The van der Waals surface area contributed by atoms with Crippen LogP contribution in [0.3, 0.4) is 0 Å². The summed E-state index contributed by atoms with van der Waals surface area (Å²) in [5, 5.41) is 6.54. The van der Waals surface area contributed by atoms with Crippen LogP contribution >= 0.6 is 28.1 Å². The van der Waals surface area contributed by atoms with Crippen molar-refractivity contribution in [1.82, 2.24) is 14.9 Å². The Morgan fingerprint density at radius 1 is 1.43 bits per heavy atom. The Balaban J connectivity index is 2.16. The minimum absolute atomic E-state index is 0.515. The molecule has 0 amide bonds. The van der Waals surface area contributed by atoms with Gasteiger partial charge in [0.05, 0.1) is 20.3 Å². The molecular formula is C13H17BrN4O2S. The predicted octanol–water partition coefficient (Wildman–Crippen LogP) is 3.24. The molecule has 1 aromatic carbocycles. The molecule has 0 bridgehead atoms. The fourth-order valence-electron chi connectivity index (χ4n) is 1.73. The van der Waals surface area contributed by atoms with Crippen molar-refractivity contribution in [3.05, 3.63) is 33.3 Å². The average Bonchev–Trinajstić information content (AvgIpc) is 2.89. The molecule has 2 N–H and O–H groups in total. The van der Waals surface area contributed by atoms with E-state index in [0.29, 0.717) is 23.7 Å². The monoisotopic (exact) mass is 372 g/mol. The summed E-state index contributed by atoms with van der Waals surface area (Å²) in [6, 6.07) is 3.85. The fourth-order valence-corrected chi connectivity index (χ4v) is 2.36. The summed E-state index contributed by atoms with van der Waals surface area (Å²) < 4.78 is 14.2. The summed E-state index contributed by atoms with van der Waals surface area (Å²) in [6.07, 6.45) is 2.54. The van der Waals surface area contributed by atoms with Gasteiger partial charge in [-0.3, -0.25) is 5.10 Å². The lowest BCUT2D eigenvalue weighted by Gasteiger charge is -2.14. The number of aromatic nitrogens is 3. The van der Waals surface area contributed by atoms with E-state index in [0.717, 1.165) is 22.2 Å². The molecule has 2 rings (SSSR count). The first-order valence-electron chi connectivity index (χ1n) is 6.50. The van der Waals surface area contributed by atoms with Crippen molar-refractivity contribution < 1.29 is 9.47 Å². The molecule has 0 radical (unpaired) electrons. The van der Waals surface area contributed by atoms with Crippen molar-refractivity contribution >= 4 is 28.1 Å². The van der Waals surface area contributed by atoms with E-state index in [2.05, 4.69) is 38.5 Å². The Labute approximate surface area is 136 Å². The molecule has 8 heteroatoms. The number of ether oxygens (including phenoxy) is 2. The highest BCUT2D eigenvalue weighted by Crippen LogP contribution is 2.33.